The van der Waals surface area contributed by atoms with Gasteiger partial charge in [0, 0.05) is 0 Å². The fraction of sp³-hybridized carbons (Fsp3) is 0.143. The van der Waals surface area contributed by atoms with Gasteiger partial charge < -0.3 is 24.8 Å². The molecule has 0 spiro atoms. The lowest BCUT2D eigenvalue weighted by atomic mass is 10.3. The van der Waals surface area contributed by atoms with E-state index in [4.69, 9.17) is 41.4 Å². The Bertz CT molecular complexity index is 375. The Morgan fingerprint density at radius 2 is 1.94 bits per heavy atom. The first-order chi connectivity index (χ1) is 7.29. The Hall–Kier alpha value is -0.820. The molecule has 0 bridgehead atoms. The highest BCUT2D eigenvalue weighted by molar-refractivity contribution is 7.45. The smallest absolute Gasteiger partial charge is 0.466 e. The van der Waals surface area contributed by atoms with Crippen LogP contribution in [0.4, 0.5) is 5.69 Å². The van der Waals surface area contributed by atoms with Gasteiger partial charge in [-0.1, -0.05) is 17.7 Å². The van der Waals surface area contributed by atoms with E-state index in [9.17, 15) is 0 Å². The highest BCUT2D eigenvalue weighted by Crippen LogP contribution is 2.31. The molecular formula is C7H12ClN2O5P. The molecule has 0 heterocycles. The average molecular weight is 271 g/mol. The lowest BCUT2D eigenvalue weighted by molar-refractivity contribution is 0.275. The molecule has 0 aliphatic heterocycles. The monoisotopic (exact) mass is 270 g/mol. The second-order valence-corrected chi connectivity index (χ2v) is 3.91. The summed E-state index contributed by atoms with van der Waals surface area (Å²) in [6.45, 7) is 0. The Labute approximate surface area is 97.0 Å². The first kappa shape index (κ1) is 15.2. The van der Waals surface area contributed by atoms with Crippen LogP contribution in [-0.2, 0) is 4.57 Å². The van der Waals surface area contributed by atoms with Crippen LogP contribution in [-0.4, -0.2) is 21.8 Å². The van der Waals surface area contributed by atoms with Crippen LogP contribution in [0.2, 0.25) is 5.02 Å². The van der Waals surface area contributed by atoms with Crippen LogP contribution in [0.3, 0.4) is 0 Å². The fourth-order valence-electron chi connectivity index (χ4n) is 0.830. The maximum atomic E-state index is 8.88. The van der Waals surface area contributed by atoms with E-state index >= 15 is 0 Å². The van der Waals surface area contributed by atoms with Crippen molar-refractivity contribution in [3.63, 3.8) is 0 Å². The summed E-state index contributed by atoms with van der Waals surface area (Å²) in [6, 6.07) is 5.31. The molecule has 1 rings (SSSR count). The normalized spacial score (nSPS) is 10.1. The molecule has 0 saturated heterocycles. The van der Waals surface area contributed by atoms with Gasteiger partial charge in [-0.25, -0.2) is 4.57 Å². The third-order valence-electron chi connectivity index (χ3n) is 1.33. The van der Waals surface area contributed by atoms with Crippen molar-refractivity contribution in [1.29, 1.82) is 0 Å². The van der Waals surface area contributed by atoms with Crippen LogP contribution < -0.4 is 16.0 Å². The fourth-order valence-corrected chi connectivity index (χ4v) is 1.08. The summed E-state index contributed by atoms with van der Waals surface area (Å²) in [5.41, 5.74) is 3.16. The number of ether oxygens (including phenoxy) is 1. The van der Waals surface area contributed by atoms with Gasteiger partial charge in [-0.05, 0) is 12.1 Å². The summed E-state index contributed by atoms with van der Waals surface area (Å²) in [5.74, 6) is 5.77. The first-order valence-corrected chi connectivity index (χ1v) is 5.81. The minimum absolute atomic E-state index is 0.544. The summed E-state index contributed by atoms with van der Waals surface area (Å²) in [4.78, 5) is 21.6. The number of nitrogen functional groups attached to an aromatic ring is 1. The number of nitrogens with one attached hydrogen (secondary N) is 1. The summed E-state index contributed by atoms with van der Waals surface area (Å²) in [6.07, 6.45) is 0. The molecule has 9 heteroatoms. The van der Waals surface area contributed by atoms with Crippen molar-refractivity contribution in [3.05, 3.63) is 23.2 Å². The van der Waals surface area contributed by atoms with Crippen LogP contribution in [0, 0.1) is 0 Å². The minimum Gasteiger partial charge on any atom is -0.493 e. The largest absolute Gasteiger partial charge is 0.493 e. The van der Waals surface area contributed by atoms with Crippen molar-refractivity contribution >= 4 is 25.1 Å². The molecule has 16 heavy (non-hydrogen) atoms. The number of rotatable bonds is 2. The molecule has 0 aliphatic rings. The van der Waals surface area contributed by atoms with E-state index in [1.54, 1.807) is 25.3 Å². The van der Waals surface area contributed by atoms with Gasteiger partial charge in [-0.15, -0.1) is 0 Å². The molecule has 0 aromatic heterocycles. The zero-order valence-corrected chi connectivity index (χ0v) is 9.94. The number of anilines is 1. The van der Waals surface area contributed by atoms with Crippen LogP contribution in [0.5, 0.6) is 5.75 Å². The Morgan fingerprint density at radius 1 is 1.44 bits per heavy atom. The molecule has 92 valence electrons. The number of hydrazine groups is 1. The number of halogens is 1. The Balaban J connectivity index is 0.000000385. The molecular weight excluding hydrogens is 259 g/mol. The number of hydrogen-bond donors (Lipinski definition) is 5. The summed E-state index contributed by atoms with van der Waals surface area (Å²) >= 11 is 5.79. The lowest BCUT2D eigenvalue weighted by Crippen LogP contribution is -2.07. The van der Waals surface area contributed by atoms with Gasteiger partial charge in [0.05, 0.1) is 17.8 Å². The van der Waals surface area contributed by atoms with Gasteiger partial charge in [0.25, 0.3) is 0 Å². The van der Waals surface area contributed by atoms with Gasteiger partial charge >= 0.3 is 7.82 Å². The van der Waals surface area contributed by atoms with Crippen molar-refractivity contribution in [2.24, 2.45) is 5.84 Å². The second kappa shape index (κ2) is 6.70. The Morgan fingerprint density at radius 3 is 2.25 bits per heavy atom. The van der Waals surface area contributed by atoms with Crippen molar-refractivity contribution in [3.8, 4) is 5.75 Å². The van der Waals surface area contributed by atoms with Crippen molar-refractivity contribution in [2.75, 3.05) is 12.5 Å². The molecule has 0 radical (unpaired) electrons. The molecule has 0 atom stereocenters. The number of methoxy groups -OCH3 is 1. The zero-order valence-electron chi connectivity index (χ0n) is 8.29. The van der Waals surface area contributed by atoms with Crippen molar-refractivity contribution in [1.82, 2.24) is 0 Å². The predicted octanol–water partition coefficient (Wildman–Crippen LogP) is 0.706. The highest BCUT2D eigenvalue weighted by atomic mass is 35.5. The zero-order chi connectivity index (χ0) is 12.8. The van der Waals surface area contributed by atoms with Crippen LogP contribution in [0.1, 0.15) is 0 Å². The maximum absolute atomic E-state index is 8.88. The number of benzene rings is 1. The summed E-state index contributed by atoms with van der Waals surface area (Å²) in [7, 11) is -3.10. The Kier molecular flexibility index (Phi) is 6.35. The lowest BCUT2D eigenvalue weighted by Gasteiger charge is -2.07. The van der Waals surface area contributed by atoms with E-state index in [0.29, 0.717) is 16.5 Å². The van der Waals surface area contributed by atoms with E-state index in [2.05, 4.69) is 5.43 Å². The third-order valence-corrected chi connectivity index (χ3v) is 1.62. The quantitative estimate of drug-likeness (QED) is 0.304. The SMILES string of the molecule is COc1c(Cl)cccc1NN.O=P(O)(O)O. The van der Waals surface area contributed by atoms with E-state index in [1.165, 1.54) is 0 Å². The van der Waals surface area contributed by atoms with Gasteiger partial charge in [-0.2, -0.15) is 0 Å². The van der Waals surface area contributed by atoms with E-state index < -0.39 is 7.82 Å². The molecule has 1 aromatic rings. The van der Waals surface area contributed by atoms with Gasteiger partial charge in [-0.3, -0.25) is 5.84 Å². The molecule has 0 amide bonds. The van der Waals surface area contributed by atoms with Crippen molar-refractivity contribution in [2.45, 2.75) is 0 Å². The molecule has 6 N–H and O–H groups in total. The van der Waals surface area contributed by atoms with E-state index in [-0.39, 0.29) is 0 Å². The molecule has 7 nitrogen and oxygen atoms in total. The molecule has 0 fully saturated rings. The molecule has 0 unspecified atom stereocenters. The van der Waals surface area contributed by atoms with Crippen LogP contribution in [0.25, 0.3) is 0 Å². The number of phosphoric acid groups is 1. The first-order valence-electron chi connectivity index (χ1n) is 3.87. The average Bonchev–Trinajstić information content (AvgIpc) is 2.14. The second-order valence-electron chi connectivity index (χ2n) is 2.48. The van der Waals surface area contributed by atoms with E-state index in [1.807, 2.05) is 0 Å². The van der Waals surface area contributed by atoms with Crippen LogP contribution in [0.15, 0.2) is 18.2 Å². The number of hydrogen-bond acceptors (Lipinski definition) is 4. The summed E-state index contributed by atoms with van der Waals surface area (Å²) in [5, 5.41) is 0.544. The topological polar surface area (TPSA) is 125 Å². The van der Waals surface area contributed by atoms with Gasteiger partial charge in [0.2, 0.25) is 0 Å². The van der Waals surface area contributed by atoms with Gasteiger partial charge in [0.1, 0.15) is 0 Å². The standard InChI is InChI=1S/C7H9ClN2O.H3O4P/c1-11-7-5(8)3-2-4-6(7)10-9;1-5(2,3)4/h2-4,10H,9H2,1H3;(H3,1,2,3,4). The third kappa shape index (κ3) is 6.62. The molecule has 1 aromatic carbocycles. The predicted molar refractivity (Wildman–Crippen MR) is 60.1 cm³/mol. The van der Waals surface area contributed by atoms with E-state index in [0.717, 1.165) is 0 Å². The maximum Gasteiger partial charge on any atom is 0.466 e. The number of nitrogens with two attached hydrogens (primary N) is 1. The van der Waals surface area contributed by atoms with Crippen molar-refractivity contribution < 1.29 is 24.0 Å². The molecule has 0 saturated carbocycles. The minimum atomic E-state index is -4.64. The van der Waals surface area contributed by atoms with Gasteiger partial charge in [0.15, 0.2) is 5.75 Å². The molecule has 0 aliphatic carbocycles. The van der Waals surface area contributed by atoms with Crippen LogP contribution >= 0.6 is 19.4 Å². The summed E-state index contributed by atoms with van der Waals surface area (Å²) < 4.78 is 13.9. The highest BCUT2D eigenvalue weighted by Gasteiger charge is 2.04. The number of para-hydroxylation sites is 1.